The molecule has 188 valence electrons. The first-order valence-electron chi connectivity index (χ1n) is 13.6. The van der Waals surface area contributed by atoms with Crippen molar-refractivity contribution in [3.63, 3.8) is 0 Å². The Bertz CT molecular complexity index is 1250. The smallest absolute Gasteiger partial charge is 0.254 e. The number of carbonyl (C=O) groups excluding carboxylic acids is 2. The van der Waals surface area contributed by atoms with Crippen LogP contribution in [0.15, 0.2) is 54.6 Å². The summed E-state index contributed by atoms with van der Waals surface area (Å²) in [6.45, 7) is 5.85. The fourth-order valence-corrected chi connectivity index (χ4v) is 5.26. The molecule has 0 unspecified atom stereocenters. The molecule has 2 heterocycles. The Morgan fingerprint density at radius 1 is 0.889 bits per heavy atom. The Morgan fingerprint density at radius 2 is 1.58 bits per heavy atom. The second-order valence-electron chi connectivity index (χ2n) is 10.7. The topological polar surface area (TPSA) is 53.5 Å². The van der Waals surface area contributed by atoms with Crippen molar-refractivity contribution in [3.05, 3.63) is 71.4 Å². The van der Waals surface area contributed by atoms with Crippen molar-refractivity contribution >= 4 is 28.4 Å². The molecule has 5 rings (SSSR count). The second kappa shape index (κ2) is 10.8. The Morgan fingerprint density at radius 3 is 2.36 bits per heavy atom. The maximum Gasteiger partial charge on any atom is 0.254 e. The molecule has 0 atom stereocenters. The van der Waals surface area contributed by atoms with E-state index in [9.17, 15) is 9.59 Å². The van der Waals surface area contributed by atoms with Gasteiger partial charge in [-0.05, 0) is 49.4 Å². The van der Waals surface area contributed by atoms with Crippen LogP contribution in [0.25, 0.3) is 10.9 Å². The molecule has 2 aliphatic rings. The Labute approximate surface area is 214 Å². The highest BCUT2D eigenvalue weighted by molar-refractivity contribution is 6.06. The van der Waals surface area contributed by atoms with E-state index in [1.54, 1.807) is 0 Å². The van der Waals surface area contributed by atoms with Crippen molar-refractivity contribution in [2.24, 2.45) is 5.92 Å². The normalized spacial score (nSPS) is 17.4. The number of hydrogen-bond acceptors (Lipinski definition) is 3. The number of carbonyl (C=O) groups is 2. The molecule has 5 nitrogen and oxygen atoms in total. The highest BCUT2D eigenvalue weighted by Gasteiger charge is 2.29. The van der Waals surface area contributed by atoms with Gasteiger partial charge in [0.2, 0.25) is 5.91 Å². The molecule has 1 aromatic heterocycles. The number of amides is 2. The van der Waals surface area contributed by atoms with Crippen LogP contribution in [0.5, 0.6) is 0 Å². The van der Waals surface area contributed by atoms with Gasteiger partial charge in [0.1, 0.15) is 0 Å². The molecule has 0 saturated heterocycles. The molecule has 3 aromatic rings. The van der Waals surface area contributed by atoms with Crippen LogP contribution in [0.2, 0.25) is 0 Å². The zero-order valence-electron chi connectivity index (χ0n) is 21.6. The molecular formula is C31H37N3O2. The molecule has 5 heteroatoms. The minimum atomic E-state index is -0.0762. The number of benzene rings is 2. The Hall–Kier alpha value is -3.21. The van der Waals surface area contributed by atoms with E-state index in [1.807, 2.05) is 72.2 Å². The van der Waals surface area contributed by atoms with Gasteiger partial charge in [0.15, 0.2) is 0 Å². The van der Waals surface area contributed by atoms with Gasteiger partial charge in [-0.3, -0.25) is 14.6 Å². The van der Waals surface area contributed by atoms with E-state index in [0.717, 1.165) is 84.9 Å². The summed E-state index contributed by atoms with van der Waals surface area (Å²) in [5.74, 6) is 0.604. The van der Waals surface area contributed by atoms with Gasteiger partial charge >= 0.3 is 0 Å². The summed E-state index contributed by atoms with van der Waals surface area (Å²) < 4.78 is 0. The lowest BCUT2D eigenvalue weighted by Crippen LogP contribution is -2.37. The largest absolute Gasteiger partial charge is 0.334 e. The van der Waals surface area contributed by atoms with Crippen molar-refractivity contribution in [2.75, 3.05) is 18.0 Å². The molecule has 0 radical (unpaired) electrons. The summed E-state index contributed by atoms with van der Waals surface area (Å²) in [6.07, 6.45) is 7.60. The number of hydrogen-bond donors (Lipinski definition) is 0. The van der Waals surface area contributed by atoms with Gasteiger partial charge in [-0.15, -0.1) is 0 Å². The van der Waals surface area contributed by atoms with Crippen LogP contribution >= 0.6 is 0 Å². The molecular weight excluding hydrogens is 446 g/mol. The summed E-state index contributed by atoms with van der Waals surface area (Å²) in [5.41, 5.74) is 4.66. The quantitative estimate of drug-likeness (QED) is 0.416. The van der Waals surface area contributed by atoms with E-state index in [0.29, 0.717) is 19.0 Å². The van der Waals surface area contributed by atoms with Crippen molar-refractivity contribution in [1.29, 1.82) is 0 Å². The van der Waals surface area contributed by atoms with Crippen molar-refractivity contribution < 1.29 is 9.59 Å². The summed E-state index contributed by atoms with van der Waals surface area (Å²) in [5, 5.41) is 0.919. The van der Waals surface area contributed by atoms with E-state index in [-0.39, 0.29) is 17.7 Å². The van der Waals surface area contributed by atoms with Crippen molar-refractivity contribution in [1.82, 2.24) is 9.88 Å². The Kier molecular flexibility index (Phi) is 7.35. The van der Waals surface area contributed by atoms with E-state index in [4.69, 9.17) is 4.98 Å². The first-order valence-corrected chi connectivity index (χ1v) is 13.6. The average molecular weight is 484 g/mol. The van der Waals surface area contributed by atoms with E-state index < -0.39 is 0 Å². The van der Waals surface area contributed by atoms with Crippen LogP contribution in [0, 0.1) is 5.92 Å². The minimum Gasteiger partial charge on any atom is -0.334 e. The Balaban J connectivity index is 1.54. The van der Waals surface area contributed by atoms with Crippen molar-refractivity contribution in [2.45, 2.75) is 71.3 Å². The van der Waals surface area contributed by atoms with Crippen molar-refractivity contribution in [3.8, 4) is 0 Å². The standard InChI is InChI=1S/C31H37N3O2/c1-22(2)30(35)34-19-11-5-3-4-10-18-33(21-24-12-6-9-15-29(24)34)31(36)26-20-28(23-16-17-23)32-27-14-8-7-13-25(26)27/h6-9,12-15,20,22-23H,3-5,10-11,16-19,21H2,1-2H3. The lowest BCUT2D eigenvalue weighted by molar-refractivity contribution is -0.121. The molecule has 2 amide bonds. The summed E-state index contributed by atoms with van der Waals surface area (Å²) in [4.78, 5) is 36.2. The molecule has 1 aliphatic heterocycles. The highest BCUT2D eigenvalue weighted by atomic mass is 16.2. The van der Waals surface area contributed by atoms with Gasteiger partial charge in [-0.25, -0.2) is 0 Å². The first kappa shape index (κ1) is 24.5. The predicted molar refractivity (Wildman–Crippen MR) is 145 cm³/mol. The molecule has 2 aromatic carbocycles. The maximum atomic E-state index is 14.2. The van der Waals surface area contributed by atoms with Gasteiger partial charge in [-0.2, -0.15) is 0 Å². The summed E-state index contributed by atoms with van der Waals surface area (Å²) in [6, 6.07) is 18.2. The number of rotatable bonds is 3. The van der Waals surface area contributed by atoms with Crippen LogP contribution in [0.3, 0.4) is 0 Å². The van der Waals surface area contributed by atoms with Crippen LogP contribution in [-0.2, 0) is 11.3 Å². The number of para-hydroxylation sites is 2. The predicted octanol–water partition coefficient (Wildman–Crippen LogP) is 6.71. The molecule has 1 saturated carbocycles. The molecule has 36 heavy (non-hydrogen) atoms. The maximum absolute atomic E-state index is 14.2. The van der Waals surface area contributed by atoms with E-state index in [1.165, 1.54) is 0 Å². The number of nitrogens with zero attached hydrogens (tertiary/aromatic N) is 3. The second-order valence-corrected chi connectivity index (χ2v) is 10.7. The summed E-state index contributed by atoms with van der Waals surface area (Å²) in [7, 11) is 0. The van der Waals surface area contributed by atoms with Gasteiger partial charge in [0, 0.05) is 48.2 Å². The summed E-state index contributed by atoms with van der Waals surface area (Å²) >= 11 is 0. The van der Waals surface area contributed by atoms with Crippen LogP contribution < -0.4 is 4.90 Å². The van der Waals surface area contributed by atoms with Gasteiger partial charge < -0.3 is 9.80 Å². The lowest BCUT2D eigenvalue weighted by atomic mass is 10.0. The molecule has 0 bridgehead atoms. The van der Waals surface area contributed by atoms with Crippen LogP contribution in [0.1, 0.15) is 86.3 Å². The van der Waals surface area contributed by atoms with Crippen LogP contribution in [0.4, 0.5) is 5.69 Å². The van der Waals surface area contributed by atoms with Gasteiger partial charge in [0.05, 0.1) is 11.1 Å². The highest BCUT2D eigenvalue weighted by Crippen LogP contribution is 2.40. The number of aromatic nitrogens is 1. The minimum absolute atomic E-state index is 0.0594. The van der Waals surface area contributed by atoms with Gasteiger partial charge in [0.25, 0.3) is 5.91 Å². The zero-order valence-corrected chi connectivity index (χ0v) is 21.6. The molecule has 0 spiro atoms. The first-order chi connectivity index (χ1) is 17.5. The number of anilines is 1. The fourth-order valence-electron chi connectivity index (χ4n) is 5.26. The van der Waals surface area contributed by atoms with Gasteiger partial charge in [-0.1, -0.05) is 69.5 Å². The average Bonchev–Trinajstić information content (AvgIpc) is 3.73. The SMILES string of the molecule is CC(C)C(=O)N1CCCCCCCN(C(=O)c2cc(C3CC3)nc3ccccc23)Cc2ccccc21. The third-order valence-corrected chi connectivity index (χ3v) is 7.46. The van der Waals surface area contributed by atoms with Crippen LogP contribution in [-0.4, -0.2) is 34.8 Å². The number of fused-ring (bicyclic) bond motifs is 2. The monoisotopic (exact) mass is 483 g/mol. The lowest BCUT2D eigenvalue weighted by Gasteiger charge is -2.30. The van der Waals surface area contributed by atoms with E-state index in [2.05, 4.69) is 6.07 Å². The zero-order chi connectivity index (χ0) is 25.1. The fraction of sp³-hybridized carbons (Fsp3) is 0.452. The third kappa shape index (κ3) is 5.30. The number of pyridine rings is 1. The molecule has 0 N–H and O–H groups in total. The van der Waals surface area contributed by atoms with E-state index >= 15 is 0 Å². The third-order valence-electron chi connectivity index (χ3n) is 7.46. The molecule has 1 aliphatic carbocycles. The molecule has 1 fully saturated rings.